The van der Waals surface area contributed by atoms with Crippen LogP contribution in [0.3, 0.4) is 0 Å². The lowest BCUT2D eigenvalue weighted by Crippen LogP contribution is -2.39. The molecule has 1 amide bonds. The predicted molar refractivity (Wildman–Crippen MR) is 97.4 cm³/mol. The maximum atomic E-state index is 12.2. The van der Waals surface area contributed by atoms with E-state index in [1.807, 2.05) is 56.3 Å². The fraction of sp³-hybridized carbons (Fsp3) is 0.350. The molecule has 0 radical (unpaired) electrons. The van der Waals surface area contributed by atoms with Crippen LogP contribution in [0.5, 0.6) is 17.2 Å². The van der Waals surface area contributed by atoms with Gasteiger partial charge in [0.25, 0.3) is 5.91 Å². The van der Waals surface area contributed by atoms with Crippen molar-refractivity contribution in [3.8, 4) is 17.2 Å². The second-order valence-electron chi connectivity index (χ2n) is 5.65. The van der Waals surface area contributed by atoms with E-state index in [1.165, 1.54) is 0 Å². The molecule has 0 aromatic heterocycles. The Hall–Kier alpha value is -2.69. The van der Waals surface area contributed by atoms with Crippen LogP contribution < -0.4 is 19.5 Å². The van der Waals surface area contributed by atoms with Crippen molar-refractivity contribution in [3.63, 3.8) is 0 Å². The highest BCUT2D eigenvalue weighted by molar-refractivity contribution is 5.81. The molecule has 134 valence electrons. The number of methoxy groups -OCH3 is 1. The zero-order valence-corrected chi connectivity index (χ0v) is 15.0. The lowest BCUT2D eigenvalue weighted by atomic mass is 10.2. The first-order chi connectivity index (χ1) is 12.1. The van der Waals surface area contributed by atoms with E-state index in [1.54, 1.807) is 13.2 Å². The number of hydrogen-bond acceptors (Lipinski definition) is 4. The number of amides is 1. The summed E-state index contributed by atoms with van der Waals surface area (Å²) in [7, 11) is 1.61. The van der Waals surface area contributed by atoms with E-state index in [0.717, 1.165) is 11.3 Å². The van der Waals surface area contributed by atoms with E-state index in [2.05, 4.69) is 5.32 Å². The Kier molecular flexibility index (Phi) is 7.14. The molecular weight excluding hydrogens is 318 g/mol. The smallest absolute Gasteiger partial charge is 0.261 e. The Bertz CT molecular complexity index is 670. The Morgan fingerprint density at radius 2 is 1.80 bits per heavy atom. The summed E-state index contributed by atoms with van der Waals surface area (Å²) in [5.74, 6) is 1.99. The van der Waals surface area contributed by atoms with Crippen molar-refractivity contribution in [2.45, 2.75) is 26.4 Å². The molecule has 0 saturated heterocycles. The van der Waals surface area contributed by atoms with Gasteiger partial charge in [-0.1, -0.05) is 30.7 Å². The first-order valence-corrected chi connectivity index (χ1v) is 8.40. The van der Waals surface area contributed by atoms with E-state index in [4.69, 9.17) is 14.2 Å². The van der Waals surface area contributed by atoms with Crippen LogP contribution >= 0.6 is 0 Å². The average Bonchev–Trinajstić information content (AvgIpc) is 2.64. The quantitative estimate of drug-likeness (QED) is 0.710. The maximum absolute atomic E-state index is 12.2. The lowest BCUT2D eigenvalue weighted by Gasteiger charge is -2.17. The molecule has 2 aromatic rings. The van der Waals surface area contributed by atoms with Crippen LogP contribution in [-0.2, 0) is 4.79 Å². The zero-order chi connectivity index (χ0) is 18.1. The fourth-order valence-electron chi connectivity index (χ4n) is 2.25. The highest BCUT2D eigenvalue weighted by atomic mass is 16.5. The second-order valence-corrected chi connectivity index (χ2v) is 5.65. The van der Waals surface area contributed by atoms with Crippen LogP contribution in [0.4, 0.5) is 0 Å². The summed E-state index contributed by atoms with van der Waals surface area (Å²) in [6.07, 6.45) is 0.0794. The fourth-order valence-corrected chi connectivity index (χ4v) is 2.25. The van der Waals surface area contributed by atoms with Gasteiger partial charge < -0.3 is 19.5 Å². The summed E-state index contributed by atoms with van der Waals surface area (Å²) in [4.78, 5) is 12.2. The molecule has 0 aliphatic carbocycles. The number of carbonyl (C=O) groups excluding carboxylic acids is 1. The first kappa shape index (κ1) is 18.6. The van der Waals surface area contributed by atoms with E-state index < -0.39 is 6.10 Å². The average molecular weight is 343 g/mol. The van der Waals surface area contributed by atoms with Crippen molar-refractivity contribution in [2.24, 2.45) is 0 Å². The van der Waals surface area contributed by atoms with E-state index in [-0.39, 0.29) is 5.91 Å². The highest BCUT2D eigenvalue weighted by Crippen LogP contribution is 2.18. The molecule has 0 heterocycles. The minimum atomic E-state index is -0.514. The zero-order valence-electron chi connectivity index (χ0n) is 15.0. The summed E-state index contributed by atoms with van der Waals surface area (Å²) in [6, 6.07) is 15.0. The van der Waals surface area contributed by atoms with Gasteiger partial charge in [-0.05, 0) is 37.6 Å². The molecule has 25 heavy (non-hydrogen) atoms. The minimum absolute atomic E-state index is 0.141. The van der Waals surface area contributed by atoms with Crippen LogP contribution in [0.1, 0.15) is 18.9 Å². The van der Waals surface area contributed by atoms with Crippen molar-refractivity contribution >= 4 is 5.91 Å². The van der Waals surface area contributed by atoms with Gasteiger partial charge in [-0.25, -0.2) is 0 Å². The SMILES string of the molecule is CCC(Oc1ccc(C)cc1)C(=O)NCCOc1cccc(OC)c1. The number of ether oxygens (including phenoxy) is 3. The van der Waals surface area contributed by atoms with E-state index in [9.17, 15) is 4.79 Å². The van der Waals surface area contributed by atoms with Crippen molar-refractivity contribution in [1.29, 1.82) is 0 Å². The highest BCUT2D eigenvalue weighted by Gasteiger charge is 2.17. The van der Waals surface area contributed by atoms with Gasteiger partial charge in [0.15, 0.2) is 6.10 Å². The molecule has 5 nitrogen and oxygen atoms in total. The number of carbonyl (C=O) groups is 1. The Labute approximate surface area is 148 Å². The topological polar surface area (TPSA) is 56.8 Å². The normalized spacial score (nSPS) is 11.5. The van der Waals surface area contributed by atoms with Gasteiger partial charge in [0.05, 0.1) is 13.7 Å². The van der Waals surface area contributed by atoms with Gasteiger partial charge in [-0.2, -0.15) is 0 Å². The van der Waals surface area contributed by atoms with Crippen molar-refractivity contribution in [3.05, 3.63) is 54.1 Å². The molecule has 2 rings (SSSR count). The number of aryl methyl sites for hydroxylation is 1. The largest absolute Gasteiger partial charge is 0.497 e. The molecule has 0 spiro atoms. The first-order valence-electron chi connectivity index (χ1n) is 8.40. The third-order valence-electron chi connectivity index (χ3n) is 3.67. The molecule has 1 unspecified atom stereocenters. The number of rotatable bonds is 9. The summed E-state index contributed by atoms with van der Waals surface area (Å²) in [5, 5.41) is 2.84. The summed E-state index contributed by atoms with van der Waals surface area (Å²) in [5.41, 5.74) is 1.15. The molecule has 0 saturated carbocycles. The van der Waals surface area contributed by atoms with Crippen LogP contribution in [0.25, 0.3) is 0 Å². The van der Waals surface area contributed by atoms with E-state index in [0.29, 0.717) is 31.1 Å². The van der Waals surface area contributed by atoms with Gasteiger partial charge in [0.2, 0.25) is 0 Å². The maximum Gasteiger partial charge on any atom is 0.261 e. The van der Waals surface area contributed by atoms with Crippen molar-refractivity contribution < 1.29 is 19.0 Å². The molecule has 2 aromatic carbocycles. The van der Waals surface area contributed by atoms with Gasteiger partial charge in [0.1, 0.15) is 23.9 Å². The van der Waals surface area contributed by atoms with Crippen LogP contribution in [-0.4, -0.2) is 32.3 Å². The Balaban J connectivity index is 1.76. The molecule has 0 fully saturated rings. The summed E-state index contributed by atoms with van der Waals surface area (Å²) < 4.78 is 16.5. The standard InChI is InChI=1S/C20H25NO4/c1-4-19(25-16-10-8-15(2)9-11-16)20(22)21-12-13-24-18-7-5-6-17(14-18)23-3/h5-11,14,19H,4,12-13H2,1-3H3,(H,21,22). The monoisotopic (exact) mass is 343 g/mol. The van der Waals surface area contributed by atoms with Gasteiger partial charge >= 0.3 is 0 Å². The molecular formula is C20H25NO4. The molecule has 0 bridgehead atoms. The third kappa shape index (κ3) is 6.03. The van der Waals surface area contributed by atoms with Crippen molar-refractivity contribution in [1.82, 2.24) is 5.32 Å². The second kappa shape index (κ2) is 9.57. The minimum Gasteiger partial charge on any atom is -0.497 e. The van der Waals surface area contributed by atoms with Crippen LogP contribution in [0, 0.1) is 6.92 Å². The van der Waals surface area contributed by atoms with Crippen LogP contribution in [0.2, 0.25) is 0 Å². The third-order valence-corrected chi connectivity index (χ3v) is 3.67. The van der Waals surface area contributed by atoms with Gasteiger partial charge in [-0.15, -0.1) is 0 Å². The molecule has 1 atom stereocenters. The Morgan fingerprint density at radius 1 is 1.08 bits per heavy atom. The van der Waals surface area contributed by atoms with Gasteiger partial charge in [0, 0.05) is 6.07 Å². The molecule has 5 heteroatoms. The number of hydrogen-bond donors (Lipinski definition) is 1. The number of benzene rings is 2. The molecule has 0 aliphatic heterocycles. The van der Waals surface area contributed by atoms with E-state index >= 15 is 0 Å². The number of nitrogens with one attached hydrogen (secondary N) is 1. The Morgan fingerprint density at radius 3 is 2.48 bits per heavy atom. The molecule has 0 aliphatic rings. The molecule has 1 N–H and O–H groups in total. The lowest BCUT2D eigenvalue weighted by molar-refractivity contribution is -0.128. The van der Waals surface area contributed by atoms with Crippen LogP contribution in [0.15, 0.2) is 48.5 Å². The summed E-state index contributed by atoms with van der Waals surface area (Å²) in [6.45, 7) is 4.71. The summed E-state index contributed by atoms with van der Waals surface area (Å²) >= 11 is 0. The predicted octanol–water partition coefficient (Wildman–Crippen LogP) is 3.36. The van der Waals surface area contributed by atoms with Gasteiger partial charge in [-0.3, -0.25) is 4.79 Å². The van der Waals surface area contributed by atoms with Crippen molar-refractivity contribution in [2.75, 3.05) is 20.3 Å².